The van der Waals surface area contributed by atoms with Crippen molar-refractivity contribution in [1.82, 2.24) is 0 Å². The second-order valence-corrected chi connectivity index (χ2v) is 5.03. The average Bonchev–Trinajstić information content (AvgIpc) is 3.08. The standard InChI is InChI=1S/C12H13ClFNO2/c13-12(9-2-3-9)4-1-8-5-10(14)7-11(6-8)15(16)17/h5-7,9,12H,1-4H2. The van der Waals surface area contributed by atoms with Crippen LogP contribution in [0.1, 0.15) is 24.8 Å². The predicted octanol–water partition coefficient (Wildman–Crippen LogP) is 3.68. The van der Waals surface area contributed by atoms with E-state index < -0.39 is 10.7 Å². The molecule has 1 aliphatic rings. The average molecular weight is 258 g/mol. The maximum atomic E-state index is 13.1. The number of rotatable bonds is 5. The van der Waals surface area contributed by atoms with Crippen molar-refractivity contribution in [3.63, 3.8) is 0 Å². The fourth-order valence-corrected chi connectivity index (χ4v) is 2.24. The van der Waals surface area contributed by atoms with Gasteiger partial charge in [-0.25, -0.2) is 4.39 Å². The number of alkyl halides is 1. The monoisotopic (exact) mass is 257 g/mol. The van der Waals surface area contributed by atoms with E-state index in [0.717, 1.165) is 25.3 Å². The highest BCUT2D eigenvalue weighted by Gasteiger charge is 2.29. The molecule has 2 rings (SSSR count). The summed E-state index contributed by atoms with van der Waals surface area (Å²) in [7, 11) is 0. The summed E-state index contributed by atoms with van der Waals surface area (Å²) in [4.78, 5) is 10.00. The molecular formula is C12H13ClFNO2. The Morgan fingerprint density at radius 3 is 2.76 bits per heavy atom. The van der Waals surface area contributed by atoms with Crippen molar-refractivity contribution >= 4 is 17.3 Å². The zero-order chi connectivity index (χ0) is 12.4. The van der Waals surface area contributed by atoms with Gasteiger partial charge in [0.2, 0.25) is 0 Å². The summed E-state index contributed by atoms with van der Waals surface area (Å²) in [6.45, 7) is 0. The van der Waals surface area contributed by atoms with Crippen LogP contribution in [0.4, 0.5) is 10.1 Å². The lowest BCUT2D eigenvalue weighted by Crippen LogP contribution is -2.03. The van der Waals surface area contributed by atoms with Gasteiger partial charge in [0.1, 0.15) is 5.82 Å². The lowest BCUT2D eigenvalue weighted by molar-refractivity contribution is -0.385. The van der Waals surface area contributed by atoms with Gasteiger partial charge in [-0.05, 0) is 43.2 Å². The van der Waals surface area contributed by atoms with E-state index in [1.807, 2.05) is 0 Å². The van der Waals surface area contributed by atoms with Crippen LogP contribution in [0, 0.1) is 21.8 Å². The molecule has 1 aromatic rings. The maximum Gasteiger partial charge on any atom is 0.272 e. The van der Waals surface area contributed by atoms with Crippen LogP contribution in [0.15, 0.2) is 18.2 Å². The van der Waals surface area contributed by atoms with Gasteiger partial charge in [-0.15, -0.1) is 11.6 Å². The zero-order valence-corrected chi connectivity index (χ0v) is 9.99. The van der Waals surface area contributed by atoms with Crippen LogP contribution in [0.3, 0.4) is 0 Å². The summed E-state index contributed by atoms with van der Waals surface area (Å²) in [6.07, 6.45) is 3.66. The minimum absolute atomic E-state index is 0.109. The van der Waals surface area contributed by atoms with Gasteiger partial charge in [-0.1, -0.05) is 0 Å². The van der Waals surface area contributed by atoms with Crippen LogP contribution < -0.4 is 0 Å². The molecule has 0 amide bonds. The van der Waals surface area contributed by atoms with E-state index >= 15 is 0 Å². The normalized spacial score (nSPS) is 16.8. The molecule has 0 heterocycles. The van der Waals surface area contributed by atoms with E-state index in [4.69, 9.17) is 11.6 Å². The Morgan fingerprint density at radius 1 is 1.47 bits per heavy atom. The van der Waals surface area contributed by atoms with Crippen LogP contribution in [0.2, 0.25) is 0 Å². The van der Waals surface area contributed by atoms with Gasteiger partial charge in [0, 0.05) is 11.4 Å². The molecule has 1 saturated carbocycles. The summed E-state index contributed by atoms with van der Waals surface area (Å²) in [5.74, 6) is 0.0203. The van der Waals surface area contributed by atoms with Crippen molar-refractivity contribution in [3.8, 4) is 0 Å². The first-order chi connectivity index (χ1) is 8.06. The smallest absolute Gasteiger partial charge is 0.258 e. The predicted molar refractivity (Wildman–Crippen MR) is 63.7 cm³/mol. The Morgan fingerprint density at radius 2 is 2.18 bits per heavy atom. The van der Waals surface area contributed by atoms with Gasteiger partial charge in [0.15, 0.2) is 0 Å². The molecule has 0 saturated heterocycles. The third kappa shape index (κ3) is 3.40. The number of nitro benzene ring substituents is 1. The van der Waals surface area contributed by atoms with Crippen molar-refractivity contribution < 1.29 is 9.31 Å². The van der Waals surface area contributed by atoms with Gasteiger partial charge in [0.25, 0.3) is 5.69 Å². The molecule has 1 aliphatic carbocycles. The molecule has 1 aromatic carbocycles. The molecule has 0 aromatic heterocycles. The van der Waals surface area contributed by atoms with Crippen molar-refractivity contribution in [2.75, 3.05) is 0 Å². The first-order valence-electron chi connectivity index (χ1n) is 5.64. The van der Waals surface area contributed by atoms with Crippen molar-refractivity contribution in [2.24, 2.45) is 5.92 Å². The van der Waals surface area contributed by atoms with Crippen LogP contribution in [-0.2, 0) is 6.42 Å². The van der Waals surface area contributed by atoms with E-state index in [2.05, 4.69) is 0 Å². The van der Waals surface area contributed by atoms with E-state index in [-0.39, 0.29) is 11.1 Å². The molecule has 1 unspecified atom stereocenters. The highest BCUT2D eigenvalue weighted by molar-refractivity contribution is 6.20. The second kappa shape index (κ2) is 5.00. The minimum atomic E-state index is -0.578. The number of halogens is 2. The Balaban J connectivity index is 2.01. The molecular weight excluding hydrogens is 245 g/mol. The molecule has 0 spiro atoms. The Labute approximate surface area is 104 Å². The third-order valence-corrected chi connectivity index (χ3v) is 3.57. The fraction of sp³-hybridized carbons (Fsp3) is 0.500. The summed E-state index contributed by atoms with van der Waals surface area (Å²) in [6, 6.07) is 3.69. The number of benzene rings is 1. The molecule has 0 radical (unpaired) electrons. The molecule has 5 heteroatoms. The van der Waals surface area contributed by atoms with Gasteiger partial charge >= 0.3 is 0 Å². The Kier molecular flexibility index (Phi) is 3.62. The van der Waals surface area contributed by atoms with Gasteiger partial charge in [-0.3, -0.25) is 10.1 Å². The molecule has 3 nitrogen and oxygen atoms in total. The second-order valence-electron chi connectivity index (χ2n) is 4.47. The van der Waals surface area contributed by atoms with Crippen LogP contribution in [0.5, 0.6) is 0 Å². The van der Waals surface area contributed by atoms with E-state index in [0.29, 0.717) is 17.9 Å². The highest BCUT2D eigenvalue weighted by Crippen LogP contribution is 2.37. The fourth-order valence-electron chi connectivity index (χ4n) is 1.88. The van der Waals surface area contributed by atoms with Crippen molar-refractivity contribution in [3.05, 3.63) is 39.7 Å². The minimum Gasteiger partial charge on any atom is -0.258 e. The quantitative estimate of drug-likeness (QED) is 0.459. The topological polar surface area (TPSA) is 43.1 Å². The van der Waals surface area contributed by atoms with Gasteiger partial charge < -0.3 is 0 Å². The van der Waals surface area contributed by atoms with Crippen molar-refractivity contribution in [1.29, 1.82) is 0 Å². The van der Waals surface area contributed by atoms with Gasteiger partial charge in [0.05, 0.1) is 11.0 Å². The number of nitrogens with zero attached hydrogens (tertiary/aromatic N) is 1. The number of aryl methyl sites for hydroxylation is 1. The lowest BCUT2D eigenvalue weighted by atomic mass is 10.1. The lowest BCUT2D eigenvalue weighted by Gasteiger charge is -2.07. The summed E-state index contributed by atoms with van der Waals surface area (Å²) in [5, 5.41) is 10.7. The number of nitro groups is 1. The largest absolute Gasteiger partial charge is 0.272 e. The first kappa shape index (κ1) is 12.3. The number of non-ortho nitro benzene ring substituents is 1. The summed E-state index contributed by atoms with van der Waals surface area (Å²) >= 11 is 6.14. The van der Waals surface area contributed by atoms with Gasteiger partial charge in [-0.2, -0.15) is 0 Å². The third-order valence-electron chi connectivity index (χ3n) is 3.00. The maximum absolute atomic E-state index is 13.1. The molecule has 0 aliphatic heterocycles. The van der Waals surface area contributed by atoms with Crippen LogP contribution >= 0.6 is 11.6 Å². The molecule has 1 fully saturated rings. The van der Waals surface area contributed by atoms with Crippen LogP contribution in [-0.4, -0.2) is 10.3 Å². The summed E-state index contributed by atoms with van der Waals surface area (Å²) < 4.78 is 13.1. The van der Waals surface area contributed by atoms with E-state index in [1.165, 1.54) is 12.1 Å². The summed E-state index contributed by atoms with van der Waals surface area (Å²) in [5.41, 5.74) is 0.445. The number of hydrogen-bond acceptors (Lipinski definition) is 2. The van der Waals surface area contributed by atoms with Crippen molar-refractivity contribution in [2.45, 2.75) is 31.1 Å². The molecule has 1 atom stereocenters. The highest BCUT2D eigenvalue weighted by atomic mass is 35.5. The first-order valence-corrected chi connectivity index (χ1v) is 6.08. The van der Waals surface area contributed by atoms with Crippen LogP contribution in [0.25, 0.3) is 0 Å². The number of hydrogen-bond donors (Lipinski definition) is 0. The Bertz CT molecular complexity index is 435. The molecule has 17 heavy (non-hydrogen) atoms. The molecule has 92 valence electrons. The Hall–Kier alpha value is -1.16. The molecule has 0 bridgehead atoms. The SMILES string of the molecule is O=[N+]([O-])c1cc(F)cc(CCC(Cl)C2CC2)c1. The zero-order valence-electron chi connectivity index (χ0n) is 9.23. The van der Waals surface area contributed by atoms with E-state index in [1.54, 1.807) is 0 Å². The van der Waals surface area contributed by atoms with E-state index in [9.17, 15) is 14.5 Å². The molecule has 0 N–H and O–H groups in total.